The Balaban J connectivity index is 2.24. The highest BCUT2D eigenvalue weighted by Crippen LogP contribution is 2.22. The fourth-order valence-corrected chi connectivity index (χ4v) is 2.15. The molecule has 0 spiro atoms. The van der Waals surface area contributed by atoms with Crippen molar-refractivity contribution in [2.24, 2.45) is 0 Å². The number of likely N-dealkylation sites (N-methyl/N-ethyl adjacent to an activating group) is 1. The predicted octanol–water partition coefficient (Wildman–Crippen LogP) is 0.635. The van der Waals surface area contributed by atoms with Crippen LogP contribution in [0, 0.1) is 0 Å². The molecular formula is C13H17N3O3. The van der Waals surface area contributed by atoms with Gasteiger partial charge in [-0.1, -0.05) is 0 Å². The molecule has 0 unspecified atom stereocenters. The number of carbonyl (C=O) groups is 2. The SMILES string of the molecule is CN1CCCN(c2ccc(C(=O)O)c(N)c2)CC1=O. The Bertz CT molecular complexity index is 516. The highest BCUT2D eigenvalue weighted by molar-refractivity contribution is 5.94. The van der Waals surface area contributed by atoms with Gasteiger partial charge in [0.15, 0.2) is 0 Å². The van der Waals surface area contributed by atoms with Gasteiger partial charge in [-0.2, -0.15) is 0 Å². The smallest absolute Gasteiger partial charge is 0.337 e. The summed E-state index contributed by atoms with van der Waals surface area (Å²) in [5, 5.41) is 8.93. The highest BCUT2D eigenvalue weighted by atomic mass is 16.4. The minimum Gasteiger partial charge on any atom is -0.478 e. The normalized spacial score (nSPS) is 16.4. The maximum Gasteiger partial charge on any atom is 0.337 e. The lowest BCUT2D eigenvalue weighted by molar-refractivity contribution is -0.127. The number of nitrogens with two attached hydrogens (primary N) is 1. The molecule has 0 radical (unpaired) electrons. The average molecular weight is 263 g/mol. The van der Waals surface area contributed by atoms with E-state index in [9.17, 15) is 9.59 Å². The lowest BCUT2D eigenvalue weighted by Crippen LogP contribution is -2.34. The number of carboxylic acids is 1. The largest absolute Gasteiger partial charge is 0.478 e. The molecule has 19 heavy (non-hydrogen) atoms. The average Bonchev–Trinajstić information content (AvgIpc) is 2.51. The summed E-state index contributed by atoms with van der Waals surface area (Å²) in [5.41, 5.74) is 6.81. The molecule has 1 aromatic carbocycles. The Morgan fingerprint density at radius 1 is 1.37 bits per heavy atom. The highest BCUT2D eigenvalue weighted by Gasteiger charge is 2.20. The molecule has 1 amide bonds. The summed E-state index contributed by atoms with van der Waals surface area (Å²) in [5.74, 6) is -0.992. The van der Waals surface area contributed by atoms with Crippen molar-refractivity contribution < 1.29 is 14.7 Å². The molecule has 1 saturated heterocycles. The van der Waals surface area contributed by atoms with Crippen LogP contribution < -0.4 is 10.6 Å². The van der Waals surface area contributed by atoms with Crippen LogP contribution in [0.4, 0.5) is 11.4 Å². The van der Waals surface area contributed by atoms with E-state index in [0.717, 1.165) is 25.2 Å². The van der Waals surface area contributed by atoms with Crippen molar-refractivity contribution in [3.05, 3.63) is 23.8 Å². The zero-order valence-corrected chi connectivity index (χ0v) is 10.8. The number of nitrogens with zero attached hydrogens (tertiary/aromatic N) is 2. The molecule has 1 heterocycles. The molecule has 1 aliphatic heterocycles. The maximum absolute atomic E-state index is 11.8. The van der Waals surface area contributed by atoms with Gasteiger partial charge in [0.1, 0.15) is 0 Å². The molecule has 0 aliphatic carbocycles. The van der Waals surface area contributed by atoms with Gasteiger partial charge in [-0.05, 0) is 24.6 Å². The van der Waals surface area contributed by atoms with Crippen molar-refractivity contribution in [3.8, 4) is 0 Å². The number of anilines is 2. The van der Waals surface area contributed by atoms with Crippen molar-refractivity contribution in [3.63, 3.8) is 0 Å². The standard InChI is InChI=1S/C13H17N3O3/c1-15-5-2-6-16(8-12(15)17)9-3-4-10(13(18)19)11(14)7-9/h3-4,7H,2,5-6,8,14H2,1H3,(H,18,19). The van der Waals surface area contributed by atoms with E-state index in [1.165, 1.54) is 6.07 Å². The van der Waals surface area contributed by atoms with Gasteiger partial charge >= 0.3 is 5.97 Å². The van der Waals surface area contributed by atoms with E-state index in [-0.39, 0.29) is 17.2 Å². The fraction of sp³-hybridized carbons (Fsp3) is 0.385. The number of rotatable bonds is 2. The van der Waals surface area contributed by atoms with Crippen LogP contribution in [-0.4, -0.2) is 48.6 Å². The first-order valence-electron chi connectivity index (χ1n) is 6.11. The van der Waals surface area contributed by atoms with Crippen LogP contribution in [-0.2, 0) is 4.79 Å². The summed E-state index contributed by atoms with van der Waals surface area (Å²) in [6, 6.07) is 4.78. The number of amides is 1. The molecule has 6 nitrogen and oxygen atoms in total. The second-order valence-corrected chi connectivity index (χ2v) is 4.67. The molecule has 1 fully saturated rings. The minimum atomic E-state index is -1.05. The zero-order chi connectivity index (χ0) is 14.0. The lowest BCUT2D eigenvalue weighted by atomic mass is 10.1. The molecule has 0 atom stereocenters. The maximum atomic E-state index is 11.8. The van der Waals surface area contributed by atoms with Gasteiger partial charge in [0, 0.05) is 31.5 Å². The van der Waals surface area contributed by atoms with E-state index in [4.69, 9.17) is 10.8 Å². The molecule has 0 saturated carbocycles. The molecule has 2 rings (SSSR count). The Kier molecular flexibility index (Phi) is 3.59. The van der Waals surface area contributed by atoms with Crippen molar-refractivity contribution in [2.45, 2.75) is 6.42 Å². The molecular weight excluding hydrogens is 246 g/mol. The van der Waals surface area contributed by atoms with Gasteiger partial charge in [0.05, 0.1) is 12.1 Å². The van der Waals surface area contributed by atoms with E-state index >= 15 is 0 Å². The minimum absolute atomic E-state index is 0.0541. The number of aromatic carboxylic acids is 1. The first kappa shape index (κ1) is 13.2. The summed E-state index contributed by atoms with van der Waals surface area (Å²) in [7, 11) is 1.79. The second-order valence-electron chi connectivity index (χ2n) is 4.67. The van der Waals surface area contributed by atoms with E-state index in [1.54, 1.807) is 24.1 Å². The molecule has 0 aromatic heterocycles. The second kappa shape index (κ2) is 5.17. The van der Waals surface area contributed by atoms with Crippen molar-refractivity contribution in [1.29, 1.82) is 0 Å². The molecule has 1 aliphatic rings. The first-order valence-corrected chi connectivity index (χ1v) is 6.11. The summed E-state index contributed by atoms with van der Waals surface area (Å²) in [4.78, 5) is 26.3. The van der Waals surface area contributed by atoms with Crippen molar-refractivity contribution in [2.75, 3.05) is 37.3 Å². The van der Waals surface area contributed by atoms with E-state index in [1.807, 2.05) is 4.90 Å². The molecule has 102 valence electrons. The zero-order valence-electron chi connectivity index (χ0n) is 10.8. The number of hydrogen-bond donors (Lipinski definition) is 2. The van der Waals surface area contributed by atoms with Gasteiger partial charge in [-0.3, -0.25) is 4.79 Å². The summed E-state index contributed by atoms with van der Waals surface area (Å²) in [6.45, 7) is 1.78. The predicted molar refractivity (Wildman–Crippen MR) is 72.3 cm³/mol. The third kappa shape index (κ3) is 2.78. The van der Waals surface area contributed by atoms with Crippen LogP contribution in [0.3, 0.4) is 0 Å². The number of nitrogen functional groups attached to an aromatic ring is 1. The summed E-state index contributed by atoms with van der Waals surface area (Å²) in [6.07, 6.45) is 0.878. The van der Waals surface area contributed by atoms with E-state index < -0.39 is 5.97 Å². The molecule has 1 aromatic rings. The Morgan fingerprint density at radius 2 is 2.11 bits per heavy atom. The van der Waals surface area contributed by atoms with Gasteiger partial charge in [-0.15, -0.1) is 0 Å². The fourth-order valence-electron chi connectivity index (χ4n) is 2.15. The summed E-state index contributed by atoms with van der Waals surface area (Å²) >= 11 is 0. The third-order valence-corrected chi connectivity index (χ3v) is 3.30. The van der Waals surface area contributed by atoms with Crippen LogP contribution in [0.2, 0.25) is 0 Å². The van der Waals surface area contributed by atoms with Crippen LogP contribution in [0.5, 0.6) is 0 Å². The Hall–Kier alpha value is -2.24. The van der Waals surface area contributed by atoms with Crippen LogP contribution >= 0.6 is 0 Å². The number of carbonyl (C=O) groups excluding carboxylic acids is 1. The Labute approximate surface area is 111 Å². The van der Waals surface area contributed by atoms with Crippen molar-refractivity contribution >= 4 is 23.3 Å². The molecule has 3 N–H and O–H groups in total. The first-order chi connectivity index (χ1) is 8.99. The van der Waals surface area contributed by atoms with E-state index in [0.29, 0.717) is 6.54 Å². The van der Waals surface area contributed by atoms with Crippen molar-refractivity contribution in [1.82, 2.24) is 4.90 Å². The number of carboxylic acid groups (broad SMARTS) is 1. The lowest BCUT2D eigenvalue weighted by Gasteiger charge is -2.22. The number of benzene rings is 1. The third-order valence-electron chi connectivity index (χ3n) is 3.30. The number of hydrogen-bond acceptors (Lipinski definition) is 4. The van der Waals surface area contributed by atoms with E-state index in [2.05, 4.69) is 0 Å². The van der Waals surface area contributed by atoms with Gasteiger partial charge in [-0.25, -0.2) is 4.79 Å². The monoisotopic (exact) mass is 263 g/mol. The molecule has 6 heteroatoms. The quantitative estimate of drug-likeness (QED) is 0.764. The Morgan fingerprint density at radius 3 is 2.74 bits per heavy atom. The van der Waals surface area contributed by atoms with Gasteiger partial charge < -0.3 is 20.6 Å². The van der Waals surface area contributed by atoms with Gasteiger partial charge in [0.2, 0.25) is 5.91 Å². The van der Waals surface area contributed by atoms with Crippen LogP contribution in [0.25, 0.3) is 0 Å². The van der Waals surface area contributed by atoms with Crippen LogP contribution in [0.1, 0.15) is 16.8 Å². The molecule has 0 bridgehead atoms. The van der Waals surface area contributed by atoms with Crippen LogP contribution in [0.15, 0.2) is 18.2 Å². The van der Waals surface area contributed by atoms with Gasteiger partial charge in [0.25, 0.3) is 0 Å². The topological polar surface area (TPSA) is 86.9 Å². The summed E-state index contributed by atoms with van der Waals surface area (Å²) < 4.78 is 0.